The van der Waals surface area contributed by atoms with E-state index in [2.05, 4.69) is 319 Å². The minimum Gasteiger partial charge on any atom is -0.319 e. The molecule has 0 amide bonds. The van der Waals surface area contributed by atoms with Gasteiger partial charge in [-0.05, 0) is 272 Å². The molecule has 15 heteroatoms. The van der Waals surface area contributed by atoms with E-state index in [1.54, 1.807) is 0 Å². The van der Waals surface area contributed by atoms with Gasteiger partial charge in [0, 0.05) is 82.8 Å². The zero-order valence-electron chi connectivity index (χ0n) is 80.0. The number of para-hydroxylation sites is 3. The fourth-order valence-electron chi connectivity index (χ4n) is 21.3. The van der Waals surface area contributed by atoms with Crippen LogP contribution in [0, 0.1) is 103 Å². The lowest BCUT2D eigenvalue weighted by atomic mass is 9.86. The Balaban J connectivity index is 0.000000122. The molecule has 24 rings (SSSR count). The molecule has 0 saturated carbocycles. The van der Waals surface area contributed by atoms with Crippen LogP contribution in [0.4, 0.5) is 43.4 Å². The number of aryl methyl sites for hydroxylation is 7. The second kappa shape index (κ2) is 33.9. The maximum absolute atomic E-state index is 14.9. The third-order valence-corrected chi connectivity index (χ3v) is 27.8. The summed E-state index contributed by atoms with van der Waals surface area (Å²) in [6.45, 7) is 53.8. The zero-order valence-corrected chi connectivity index (χ0v) is 80.0. The van der Waals surface area contributed by atoms with Crippen molar-refractivity contribution in [2.24, 2.45) is 0 Å². The minimum atomic E-state index is -0.672. The lowest BCUT2D eigenvalue weighted by molar-refractivity contribution is 0.583. The number of fused-ring (bicyclic) bond motifs is 18. The fraction of sp³-hybridized carbons (Fsp3) is 0.119. The van der Waals surface area contributed by atoms with Crippen LogP contribution in [0.25, 0.3) is 213 Å². The molecule has 18 aromatic carbocycles. The Morgan fingerprint density at radius 2 is 0.411 bits per heavy atom. The van der Waals surface area contributed by atoms with Gasteiger partial charge >= 0.3 is 0 Å². The van der Waals surface area contributed by atoms with Gasteiger partial charge in [-0.3, -0.25) is 0 Å². The van der Waals surface area contributed by atoms with Crippen molar-refractivity contribution in [3.63, 3.8) is 0 Å². The van der Waals surface area contributed by atoms with Gasteiger partial charge in [0.25, 0.3) is 0 Å². The minimum absolute atomic E-state index is 0.0949. The SMILES string of the molecule is [C-]#[N+]c1c(-n2c3cc(C)ccc3c3ccc(C)cc32)ccc(-c2cc(F)cc(F)c2)c1-n1c2ccccc2c2ccc(C)cc21.[C-]#[N+]c1c(-n2c3ccc(C)cc3c3cc(C)ccc32)ccc(-c2cc(F)cc(F)c2)c1-n1c2ccc(C)cc2c2cc(C)ccc21.[C-]#[N+]c1c(-n2c3ccccc3c3ccc(C(C)(C)C)cc32)ccc(-c2cc(F)cc(F)c2)c1-n1c2ccccc2c2ccc(C(C)(C)C)cc21. The van der Waals surface area contributed by atoms with Crippen molar-refractivity contribution in [2.45, 2.75) is 101 Å². The number of rotatable bonds is 9. The number of aromatic nitrogens is 6. The predicted molar refractivity (Wildman–Crippen MR) is 571 cm³/mol. The molecule has 0 bridgehead atoms. The van der Waals surface area contributed by atoms with Crippen LogP contribution in [0.15, 0.2) is 328 Å². The topological polar surface area (TPSA) is 42.7 Å². The summed E-state index contributed by atoms with van der Waals surface area (Å²) in [5.74, 6) is -4.03. The second-order valence-corrected chi connectivity index (χ2v) is 39.5. The molecule has 0 unspecified atom stereocenters. The van der Waals surface area contributed by atoms with Crippen molar-refractivity contribution in [3.05, 3.63) is 447 Å². The average Bonchev–Trinajstić information content (AvgIpc) is 1.57. The van der Waals surface area contributed by atoms with E-state index in [-0.39, 0.29) is 10.8 Å². The molecule has 9 nitrogen and oxygen atoms in total. The molecule has 141 heavy (non-hydrogen) atoms. The number of halogens is 6. The predicted octanol–water partition coefficient (Wildman–Crippen LogP) is 35.9. The zero-order chi connectivity index (χ0) is 97.9. The summed E-state index contributed by atoms with van der Waals surface area (Å²) in [5.41, 5.74) is 29.2. The van der Waals surface area contributed by atoms with Crippen molar-refractivity contribution in [1.29, 1.82) is 0 Å². The second-order valence-electron chi connectivity index (χ2n) is 39.5. The van der Waals surface area contributed by atoms with Crippen LogP contribution >= 0.6 is 0 Å². The van der Waals surface area contributed by atoms with E-state index in [9.17, 15) is 26.3 Å². The van der Waals surface area contributed by atoms with Crippen LogP contribution in [0.3, 0.4) is 0 Å². The Kier molecular flexibility index (Phi) is 21.4. The first-order chi connectivity index (χ1) is 67.9. The highest BCUT2D eigenvalue weighted by molar-refractivity contribution is 6.18. The normalized spacial score (nSPS) is 11.9. The first-order valence-electron chi connectivity index (χ1n) is 47.1. The Hall–Kier alpha value is -17.2. The molecule has 0 aliphatic carbocycles. The highest BCUT2D eigenvalue weighted by Gasteiger charge is 2.32. The summed E-state index contributed by atoms with van der Waals surface area (Å²) in [5, 5.41) is 12.8. The maximum atomic E-state index is 14.9. The van der Waals surface area contributed by atoms with Gasteiger partial charge in [-0.15, -0.1) is 0 Å². The highest BCUT2D eigenvalue weighted by atomic mass is 19.2. The summed E-state index contributed by atoms with van der Waals surface area (Å²) in [6.07, 6.45) is 0. The van der Waals surface area contributed by atoms with E-state index in [0.29, 0.717) is 84.6 Å². The van der Waals surface area contributed by atoms with Crippen LogP contribution in [0.5, 0.6) is 0 Å². The summed E-state index contributed by atoms with van der Waals surface area (Å²) in [4.78, 5) is 12.8. The van der Waals surface area contributed by atoms with E-state index in [4.69, 9.17) is 19.7 Å². The van der Waals surface area contributed by atoms with Crippen molar-refractivity contribution >= 4 is 148 Å². The van der Waals surface area contributed by atoms with Crippen LogP contribution in [0.1, 0.15) is 91.6 Å². The van der Waals surface area contributed by atoms with Gasteiger partial charge in [0.05, 0.1) is 120 Å². The Labute approximate surface area is 811 Å². The van der Waals surface area contributed by atoms with Crippen molar-refractivity contribution in [1.82, 2.24) is 27.4 Å². The molecular weight excluding hydrogens is 1750 g/mol. The van der Waals surface area contributed by atoms with E-state index < -0.39 is 34.9 Å². The number of hydrogen-bond acceptors (Lipinski definition) is 0. The summed E-state index contributed by atoms with van der Waals surface area (Å²) < 4.78 is 102. The van der Waals surface area contributed by atoms with Crippen LogP contribution < -0.4 is 0 Å². The van der Waals surface area contributed by atoms with Gasteiger partial charge in [-0.25, -0.2) is 40.9 Å². The van der Waals surface area contributed by atoms with Gasteiger partial charge in [-0.2, -0.15) is 0 Å². The van der Waals surface area contributed by atoms with Crippen LogP contribution in [-0.2, 0) is 10.8 Å². The van der Waals surface area contributed by atoms with E-state index in [1.165, 1.54) is 42.0 Å². The number of nitrogens with zero attached hydrogens (tertiary/aromatic N) is 9. The highest BCUT2D eigenvalue weighted by Crippen LogP contribution is 2.53. The first-order valence-corrected chi connectivity index (χ1v) is 47.1. The molecular formula is C126H93F6N9. The van der Waals surface area contributed by atoms with Crippen molar-refractivity contribution in [3.8, 4) is 67.5 Å². The van der Waals surface area contributed by atoms with E-state index >= 15 is 0 Å². The smallest absolute Gasteiger partial charge is 0.234 e. The van der Waals surface area contributed by atoms with Crippen LogP contribution in [-0.4, -0.2) is 27.4 Å². The number of benzene rings is 18. The third-order valence-electron chi connectivity index (χ3n) is 27.8. The molecule has 0 radical (unpaired) electrons. The molecule has 24 aromatic rings. The summed E-state index contributed by atoms with van der Waals surface area (Å²) >= 11 is 0. The fourth-order valence-corrected chi connectivity index (χ4v) is 21.3. The van der Waals surface area contributed by atoms with Crippen LogP contribution in [0.2, 0.25) is 0 Å². The average molecular weight is 1850 g/mol. The monoisotopic (exact) mass is 1850 g/mol. The van der Waals surface area contributed by atoms with Gasteiger partial charge in [0.15, 0.2) is 0 Å². The Bertz CT molecular complexity index is 9380. The van der Waals surface area contributed by atoms with Gasteiger partial charge in [-0.1, -0.05) is 222 Å². The largest absolute Gasteiger partial charge is 0.319 e. The maximum Gasteiger partial charge on any atom is 0.234 e. The molecule has 684 valence electrons. The first kappa shape index (κ1) is 89.0. The molecule has 6 heterocycles. The van der Waals surface area contributed by atoms with Gasteiger partial charge < -0.3 is 27.4 Å². The molecule has 0 fully saturated rings. The number of hydrogen-bond donors (Lipinski definition) is 0. The summed E-state index contributed by atoms with van der Waals surface area (Å²) in [7, 11) is 0. The molecule has 0 saturated heterocycles. The third kappa shape index (κ3) is 15.0. The molecule has 6 aromatic heterocycles. The van der Waals surface area contributed by atoms with Gasteiger partial charge in [0.1, 0.15) is 34.9 Å². The van der Waals surface area contributed by atoms with E-state index in [1.807, 2.05) is 85.8 Å². The lowest BCUT2D eigenvalue weighted by Gasteiger charge is -2.22. The Morgan fingerprint density at radius 3 is 0.709 bits per heavy atom. The quantitative estimate of drug-likeness (QED) is 0.102. The standard InChI is InChI=1S/C45H37F2N3.C41H29F2N3.C40H27F2N3/c1-44(2,3)28-16-18-35-33-12-8-10-14-37(33)49(40(35)24-28)39-21-20-32(27-22-30(46)26-31(47)23-27)43(42(39)48-7)50-38-15-11-9-13-34(38)36-19-17-29(25-41(36)50)45(4,5)6;1-23-6-11-35-31(16-23)32-17-24(2)7-12-36(32)45(35)39-15-10-30(27-20-28(42)22-29(43)21-27)41(40(39)44-5)46-37-13-8-25(3)18-33(37)34-19-26(4)9-14-38(34)46;1-23-10-13-32-33-14-11-24(2)18-37(33)44(36(32)17-23)35-16-15-29(26-20-27(41)22-28(42)21-26)40(39(35)43-4)45-34-8-6-5-7-30(34)31-12-9-25(3)19-38(31)45/h8-26H,1-6H3;6-22H,1-4H3;5-22H,1-3H3. The molecule has 0 aliphatic heterocycles. The molecule has 0 spiro atoms. The molecule has 0 atom stereocenters. The molecule has 0 aliphatic rings. The van der Waals surface area contributed by atoms with Crippen molar-refractivity contribution in [2.75, 3.05) is 0 Å². The van der Waals surface area contributed by atoms with Gasteiger partial charge in [0.2, 0.25) is 17.1 Å². The molecule has 0 N–H and O–H groups in total. The van der Waals surface area contributed by atoms with E-state index in [0.717, 1.165) is 194 Å². The summed E-state index contributed by atoms with van der Waals surface area (Å²) in [6, 6.07) is 104. The Morgan fingerprint density at radius 1 is 0.199 bits per heavy atom. The lowest BCUT2D eigenvalue weighted by Crippen LogP contribution is -2.11. The van der Waals surface area contributed by atoms with Crippen molar-refractivity contribution < 1.29 is 26.3 Å².